The van der Waals surface area contributed by atoms with Crippen molar-refractivity contribution >= 4 is 91.7 Å². The van der Waals surface area contributed by atoms with Crippen molar-refractivity contribution in [3.05, 3.63) is 27.9 Å². The minimum Gasteiger partial charge on any atom is -0.427 e. The number of β-lactam (4-membered cyclic amide) rings is 1. The molecule has 0 unspecified atom stereocenters. The summed E-state index contributed by atoms with van der Waals surface area (Å²) in [5.41, 5.74) is 7.08. The van der Waals surface area contributed by atoms with Gasteiger partial charge < -0.3 is 20.5 Å². The zero-order valence-corrected chi connectivity index (χ0v) is 26.0. The molecule has 218 valence electrons. The molecule has 11 nitrogen and oxygen atoms in total. The standard InChI is InChI=1S/C24H29ClN4O7S4/c1-24(2,3)22(33)36-11-35-21(32)17-12(7-37-13-4-5-40(34)10-13)8-38-20-16(19(31)29(17)20)28-18(30)14(6-25)15-9-39-23(26)27-15/h6,9,13,16,20H,4-5,7-8,10-11H2,1-3H3,(H2,26,27)(H,28,30)/t13-,16-,20-,40+/m0/s1. The quantitative estimate of drug-likeness (QED) is 0.175. The van der Waals surface area contributed by atoms with Crippen molar-refractivity contribution in [3.8, 4) is 0 Å². The summed E-state index contributed by atoms with van der Waals surface area (Å²) in [7, 11) is -0.840. The number of aromatic nitrogens is 1. The Hall–Kier alpha value is -2.07. The van der Waals surface area contributed by atoms with Gasteiger partial charge in [0.1, 0.15) is 17.1 Å². The van der Waals surface area contributed by atoms with E-state index < -0.39 is 58.2 Å². The van der Waals surface area contributed by atoms with Gasteiger partial charge in [0.05, 0.1) is 16.7 Å². The number of nitrogen functional groups attached to an aromatic ring is 1. The summed E-state index contributed by atoms with van der Waals surface area (Å²) in [4.78, 5) is 57.0. The van der Waals surface area contributed by atoms with Crippen molar-refractivity contribution < 1.29 is 32.9 Å². The maximum absolute atomic E-state index is 13.3. The summed E-state index contributed by atoms with van der Waals surface area (Å²) in [5, 5.41) is 4.18. The lowest BCUT2D eigenvalue weighted by molar-refractivity contribution is -0.173. The highest BCUT2D eigenvalue weighted by atomic mass is 35.5. The van der Waals surface area contributed by atoms with Gasteiger partial charge in [-0.05, 0) is 32.8 Å². The minimum absolute atomic E-state index is 0.0588. The third-order valence-electron chi connectivity index (χ3n) is 6.20. The molecule has 3 aliphatic rings. The second kappa shape index (κ2) is 12.8. The van der Waals surface area contributed by atoms with Gasteiger partial charge >= 0.3 is 11.9 Å². The Morgan fingerprint density at radius 1 is 1.35 bits per heavy atom. The number of hydrogen-bond donors (Lipinski definition) is 2. The van der Waals surface area contributed by atoms with E-state index >= 15 is 0 Å². The van der Waals surface area contributed by atoms with Crippen LogP contribution in [0, 0.1) is 5.41 Å². The van der Waals surface area contributed by atoms with E-state index in [0.717, 1.165) is 23.3 Å². The first-order valence-corrected chi connectivity index (χ1v) is 17.1. The lowest BCUT2D eigenvalue weighted by atomic mass is 9.98. The van der Waals surface area contributed by atoms with E-state index in [1.54, 1.807) is 37.9 Å². The van der Waals surface area contributed by atoms with Crippen molar-refractivity contribution in [3.63, 3.8) is 0 Å². The maximum Gasteiger partial charge on any atom is 0.357 e. The van der Waals surface area contributed by atoms with Crippen LogP contribution in [-0.2, 0) is 39.5 Å². The van der Waals surface area contributed by atoms with Gasteiger partial charge in [0.25, 0.3) is 11.8 Å². The molecule has 1 aromatic heterocycles. The van der Waals surface area contributed by atoms with Crippen LogP contribution in [0.15, 0.2) is 22.2 Å². The molecular weight excluding hydrogens is 620 g/mol. The Morgan fingerprint density at radius 2 is 2.10 bits per heavy atom. The van der Waals surface area contributed by atoms with E-state index in [1.807, 2.05) is 0 Å². The largest absolute Gasteiger partial charge is 0.427 e. The van der Waals surface area contributed by atoms with Gasteiger partial charge in [0.15, 0.2) is 5.13 Å². The molecule has 4 atom stereocenters. The molecule has 40 heavy (non-hydrogen) atoms. The van der Waals surface area contributed by atoms with Crippen LogP contribution in [0.1, 0.15) is 32.9 Å². The molecule has 0 aromatic carbocycles. The van der Waals surface area contributed by atoms with E-state index in [2.05, 4.69) is 10.3 Å². The molecule has 4 rings (SSSR count). The highest BCUT2D eigenvalue weighted by molar-refractivity contribution is 8.02. The molecule has 0 radical (unpaired) electrons. The van der Waals surface area contributed by atoms with Crippen LogP contribution < -0.4 is 11.1 Å². The van der Waals surface area contributed by atoms with Gasteiger partial charge in [-0.2, -0.15) is 11.8 Å². The predicted molar refractivity (Wildman–Crippen MR) is 158 cm³/mol. The molecule has 2 amide bonds. The molecule has 0 bridgehead atoms. The molecule has 0 saturated carbocycles. The van der Waals surface area contributed by atoms with Crippen LogP contribution in [0.3, 0.4) is 0 Å². The summed E-state index contributed by atoms with van der Waals surface area (Å²) in [6.45, 7) is 4.43. The van der Waals surface area contributed by atoms with Crippen molar-refractivity contribution in [2.24, 2.45) is 5.41 Å². The van der Waals surface area contributed by atoms with Gasteiger partial charge in [-0.1, -0.05) is 11.6 Å². The number of nitrogens with one attached hydrogen (secondary N) is 1. The second-order valence-corrected chi connectivity index (χ2v) is 15.3. The van der Waals surface area contributed by atoms with Gasteiger partial charge in [0, 0.05) is 50.0 Å². The number of thioether (sulfide) groups is 2. The Kier molecular flexibility index (Phi) is 9.91. The molecule has 1 aromatic rings. The average Bonchev–Trinajstić information content (AvgIpc) is 3.52. The number of hydrogen-bond acceptors (Lipinski definition) is 12. The van der Waals surface area contributed by atoms with Crippen LogP contribution >= 0.6 is 46.5 Å². The fourth-order valence-electron chi connectivity index (χ4n) is 4.04. The normalized spacial score (nSPS) is 24.9. The molecule has 16 heteroatoms. The number of anilines is 1. The average molecular weight is 649 g/mol. The molecule has 2 fully saturated rings. The summed E-state index contributed by atoms with van der Waals surface area (Å²) in [5.74, 6) is -0.319. The lowest BCUT2D eigenvalue weighted by Crippen LogP contribution is -2.70. The van der Waals surface area contributed by atoms with Crippen molar-refractivity contribution in [1.29, 1.82) is 0 Å². The molecular formula is C24H29ClN4O7S4. The summed E-state index contributed by atoms with van der Waals surface area (Å²) >= 11 is 10.0. The second-order valence-electron chi connectivity index (χ2n) is 10.2. The zero-order valence-electron chi connectivity index (χ0n) is 22.0. The fraction of sp³-hybridized carbons (Fsp3) is 0.542. The lowest BCUT2D eigenvalue weighted by Gasteiger charge is -2.49. The summed E-state index contributed by atoms with van der Waals surface area (Å²) < 4.78 is 22.2. The first kappa shape index (κ1) is 30.9. The number of carbonyl (C=O) groups is 4. The fourth-order valence-corrected chi connectivity index (χ4v) is 9.54. The van der Waals surface area contributed by atoms with Crippen molar-refractivity contribution in [2.45, 2.75) is 43.9 Å². The predicted octanol–water partition coefficient (Wildman–Crippen LogP) is 2.30. The number of fused-ring (bicyclic) bond motifs is 1. The molecule has 3 aliphatic heterocycles. The number of nitrogens with two attached hydrogens (primary N) is 1. The van der Waals surface area contributed by atoms with E-state index in [4.69, 9.17) is 26.8 Å². The van der Waals surface area contributed by atoms with E-state index in [0.29, 0.717) is 28.6 Å². The van der Waals surface area contributed by atoms with Gasteiger partial charge in [-0.15, -0.1) is 23.1 Å². The van der Waals surface area contributed by atoms with Crippen molar-refractivity contribution in [1.82, 2.24) is 15.2 Å². The highest BCUT2D eigenvalue weighted by Crippen LogP contribution is 2.42. The van der Waals surface area contributed by atoms with Crippen LogP contribution in [0.4, 0.5) is 5.13 Å². The van der Waals surface area contributed by atoms with Crippen LogP contribution in [-0.4, -0.2) is 84.3 Å². The number of ether oxygens (including phenoxy) is 2. The van der Waals surface area contributed by atoms with E-state index in [-0.39, 0.29) is 27.3 Å². The molecule has 0 aliphatic carbocycles. The number of nitrogens with zero attached hydrogens (tertiary/aromatic N) is 2. The van der Waals surface area contributed by atoms with Crippen molar-refractivity contribution in [2.75, 3.05) is 35.5 Å². The monoisotopic (exact) mass is 648 g/mol. The van der Waals surface area contributed by atoms with Crippen LogP contribution in [0.2, 0.25) is 0 Å². The third-order valence-corrected chi connectivity index (χ3v) is 11.5. The molecule has 0 spiro atoms. The molecule has 4 heterocycles. The highest BCUT2D eigenvalue weighted by Gasteiger charge is 2.54. The minimum atomic E-state index is -0.909. The Bertz CT molecular complexity index is 1290. The molecule has 3 N–H and O–H groups in total. The zero-order chi connectivity index (χ0) is 29.2. The first-order chi connectivity index (χ1) is 18.9. The summed E-state index contributed by atoms with van der Waals surface area (Å²) in [6, 6.07) is -0.909. The van der Waals surface area contributed by atoms with E-state index in [1.165, 1.54) is 16.7 Å². The first-order valence-electron chi connectivity index (χ1n) is 12.2. The topological polar surface area (TPSA) is 158 Å². The third kappa shape index (κ3) is 6.86. The number of rotatable bonds is 9. The smallest absolute Gasteiger partial charge is 0.357 e. The Morgan fingerprint density at radius 3 is 2.70 bits per heavy atom. The van der Waals surface area contributed by atoms with Gasteiger partial charge in [-0.25, -0.2) is 9.78 Å². The van der Waals surface area contributed by atoms with E-state index in [9.17, 15) is 23.4 Å². The SMILES string of the molecule is CC(C)(C)C(=O)OCOC(=O)C1=C(CS[C@H]2CC[S@@](=O)C2)CS[C@H]2[C@@H](NC(=O)C(=CCl)c3csc(N)n3)C(=O)N12. The Balaban J connectivity index is 1.48. The number of esters is 2. The number of carbonyl (C=O) groups excluding carboxylic acids is 4. The number of amides is 2. The van der Waals surface area contributed by atoms with Gasteiger partial charge in [-0.3, -0.25) is 23.5 Å². The number of halogens is 1. The Labute approximate surface area is 251 Å². The van der Waals surface area contributed by atoms with Gasteiger partial charge in [0.2, 0.25) is 6.79 Å². The summed E-state index contributed by atoms with van der Waals surface area (Å²) in [6.07, 6.45) is 0.820. The van der Waals surface area contributed by atoms with Crippen LogP contribution in [0.5, 0.6) is 0 Å². The van der Waals surface area contributed by atoms with Crippen LogP contribution in [0.25, 0.3) is 5.57 Å². The maximum atomic E-state index is 13.3. The number of thiazole rings is 1. The molecule has 2 saturated heterocycles.